The Hall–Kier alpha value is -2.61. The van der Waals surface area contributed by atoms with Gasteiger partial charge in [-0.1, -0.05) is 60.3 Å². The van der Waals surface area contributed by atoms with E-state index in [0.717, 1.165) is 48.5 Å². The van der Waals surface area contributed by atoms with Crippen molar-refractivity contribution in [2.75, 3.05) is 25.4 Å². The lowest BCUT2D eigenvalue weighted by Crippen LogP contribution is -2.43. The number of thioether (sulfide) groups is 1. The minimum atomic E-state index is 0.154. The van der Waals surface area contributed by atoms with E-state index < -0.39 is 0 Å². The van der Waals surface area contributed by atoms with Crippen molar-refractivity contribution in [3.05, 3.63) is 66.4 Å². The van der Waals surface area contributed by atoms with Crippen LogP contribution in [0, 0.1) is 0 Å². The molecule has 6 nitrogen and oxygen atoms in total. The molecule has 2 aromatic heterocycles. The predicted octanol–water partition coefficient (Wildman–Crippen LogP) is 4.21. The van der Waals surface area contributed by atoms with Gasteiger partial charge in [-0.3, -0.25) is 4.90 Å². The molecule has 1 atom stereocenters. The molecule has 5 rings (SSSR count). The second kappa shape index (κ2) is 8.41. The summed E-state index contributed by atoms with van der Waals surface area (Å²) in [6.45, 7) is 3.58. The lowest BCUT2D eigenvalue weighted by Gasteiger charge is -2.32. The summed E-state index contributed by atoms with van der Waals surface area (Å²) < 4.78 is 11.8. The number of ether oxygens (including phenoxy) is 1. The average Bonchev–Trinajstić information content (AvgIpc) is 3.40. The molecule has 1 saturated heterocycles. The molecule has 0 spiro atoms. The van der Waals surface area contributed by atoms with Crippen LogP contribution in [0.5, 0.6) is 0 Å². The summed E-state index contributed by atoms with van der Waals surface area (Å²) >= 11 is 1.56. The number of aromatic nitrogens is 3. The molecule has 1 fully saturated rings. The summed E-state index contributed by atoms with van der Waals surface area (Å²) in [5, 5.41) is 10.1. The van der Waals surface area contributed by atoms with Crippen LogP contribution in [0.2, 0.25) is 0 Å². The van der Waals surface area contributed by atoms with Crippen molar-refractivity contribution in [3.63, 3.8) is 0 Å². The fraction of sp³-hybridized carbons (Fsp3) is 0.273. The van der Waals surface area contributed by atoms with Gasteiger partial charge in [0.25, 0.3) is 11.1 Å². The van der Waals surface area contributed by atoms with E-state index in [-0.39, 0.29) is 6.10 Å². The number of hydrogen-bond donors (Lipinski definition) is 1. The average molecular weight is 407 g/mol. The van der Waals surface area contributed by atoms with Gasteiger partial charge in [0, 0.05) is 42.5 Å². The Morgan fingerprint density at radius 2 is 1.93 bits per heavy atom. The number of H-pyrrole nitrogens is 1. The normalized spacial score (nSPS) is 17.7. The molecule has 0 amide bonds. The Bertz CT molecular complexity index is 1080. The van der Waals surface area contributed by atoms with Gasteiger partial charge in [-0.2, -0.15) is 0 Å². The molecule has 4 aromatic rings. The van der Waals surface area contributed by atoms with Gasteiger partial charge in [-0.05, 0) is 11.6 Å². The zero-order valence-electron chi connectivity index (χ0n) is 16.0. The number of rotatable bonds is 6. The highest BCUT2D eigenvalue weighted by Gasteiger charge is 2.22. The molecule has 3 heterocycles. The molecule has 0 saturated carbocycles. The minimum absolute atomic E-state index is 0.154. The second-order valence-corrected chi connectivity index (χ2v) is 8.12. The summed E-state index contributed by atoms with van der Waals surface area (Å²) in [7, 11) is 0. The van der Waals surface area contributed by atoms with Crippen LogP contribution < -0.4 is 0 Å². The van der Waals surface area contributed by atoms with Crippen LogP contribution in [0.15, 0.2) is 70.4 Å². The molecule has 148 valence electrons. The number of benzene rings is 2. The predicted molar refractivity (Wildman–Crippen MR) is 114 cm³/mol. The van der Waals surface area contributed by atoms with Crippen LogP contribution in [-0.4, -0.2) is 51.6 Å². The van der Waals surface area contributed by atoms with Gasteiger partial charge >= 0.3 is 0 Å². The molecule has 2 aromatic carbocycles. The quantitative estimate of drug-likeness (QED) is 0.484. The van der Waals surface area contributed by atoms with Gasteiger partial charge in [0.05, 0.1) is 18.3 Å². The maximum atomic E-state index is 5.95. The SMILES string of the molecule is c1ccc(CN2CCOC(CSc3nnc(-c4c[nH]c5ccccc45)o3)C2)cc1. The number of morpholine rings is 1. The topological polar surface area (TPSA) is 67.2 Å². The van der Waals surface area contributed by atoms with Gasteiger partial charge in [0.1, 0.15) is 0 Å². The molecule has 1 unspecified atom stereocenters. The number of nitrogens with zero attached hydrogens (tertiary/aromatic N) is 3. The molecule has 7 heteroatoms. The summed E-state index contributed by atoms with van der Waals surface area (Å²) in [5.74, 6) is 1.33. The van der Waals surface area contributed by atoms with Crippen molar-refractivity contribution in [1.29, 1.82) is 0 Å². The van der Waals surface area contributed by atoms with E-state index in [2.05, 4.69) is 56.5 Å². The molecular weight excluding hydrogens is 384 g/mol. The van der Waals surface area contributed by atoms with Crippen LogP contribution >= 0.6 is 11.8 Å². The number of fused-ring (bicyclic) bond motifs is 1. The lowest BCUT2D eigenvalue weighted by atomic mass is 10.2. The van der Waals surface area contributed by atoms with Crippen LogP contribution in [0.1, 0.15) is 5.56 Å². The van der Waals surface area contributed by atoms with E-state index in [1.54, 1.807) is 11.8 Å². The summed E-state index contributed by atoms with van der Waals surface area (Å²) in [6.07, 6.45) is 2.07. The van der Waals surface area contributed by atoms with Gasteiger partial charge < -0.3 is 14.1 Å². The van der Waals surface area contributed by atoms with Crippen LogP contribution in [0.25, 0.3) is 22.4 Å². The third kappa shape index (κ3) is 4.22. The smallest absolute Gasteiger partial charge is 0.276 e. The van der Waals surface area contributed by atoms with Crippen molar-refractivity contribution < 1.29 is 9.15 Å². The van der Waals surface area contributed by atoms with E-state index in [1.807, 2.05) is 24.4 Å². The molecule has 0 aliphatic carbocycles. The Labute approximate surface area is 173 Å². The fourth-order valence-electron chi connectivity index (χ4n) is 3.66. The van der Waals surface area contributed by atoms with Crippen LogP contribution in [0.3, 0.4) is 0 Å². The van der Waals surface area contributed by atoms with Crippen molar-refractivity contribution in [1.82, 2.24) is 20.1 Å². The molecule has 1 N–H and O–H groups in total. The second-order valence-electron chi connectivity index (χ2n) is 7.15. The van der Waals surface area contributed by atoms with E-state index in [9.17, 15) is 0 Å². The van der Waals surface area contributed by atoms with Crippen molar-refractivity contribution >= 4 is 22.7 Å². The number of nitrogens with one attached hydrogen (secondary N) is 1. The van der Waals surface area contributed by atoms with Crippen molar-refractivity contribution in [3.8, 4) is 11.5 Å². The highest BCUT2D eigenvalue weighted by molar-refractivity contribution is 7.99. The molecule has 0 radical (unpaired) electrons. The van der Waals surface area contributed by atoms with Crippen molar-refractivity contribution in [2.45, 2.75) is 17.9 Å². The van der Waals surface area contributed by atoms with Gasteiger partial charge in [0.2, 0.25) is 0 Å². The zero-order chi connectivity index (χ0) is 19.5. The van der Waals surface area contributed by atoms with Gasteiger partial charge in [0.15, 0.2) is 0 Å². The van der Waals surface area contributed by atoms with Gasteiger partial charge in [-0.15, -0.1) is 10.2 Å². The van der Waals surface area contributed by atoms with E-state index in [0.29, 0.717) is 11.1 Å². The highest BCUT2D eigenvalue weighted by Crippen LogP contribution is 2.30. The van der Waals surface area contributed by atoms with E-state index in [4.69, 9.17) is 9.15 Å². The van der Waals surface area contributed by atoms with Gasteiger partial charge in [-0.25, -0.2) is 0 Å². The first-order valence-electron chi connectivity index (χ1n) is 9.76. The summed E-state index contributed by atoms with van der Waals surface area (Å²) in [5.41, 5.74) is 3.33. The van der Waals surface area contributed by atoms with E-state index in [1.165, 1.54) is 5.56 Å². The number of para-hydroxylation sites is 1. The van der Waals surface area contributed by atoms with E-state index >= 15 is 0 Å². The summed E-state index contributed by atoms with van der Waals surface area (Å²) in [4.78, 5) is 5.68. The highest BCUT2D eigenvalue weighted by atomic mass is 32.2. The first-order valence-corrected chi connectivity index (χ1v) is 10.7. The Balaban J connectivity index is 1.20. The first-order chi connectivity index (χ1) is 14.3. The largest absolute Gasteiger partial charge is 0.411 e. The monoisotopic (exact) mass is 406 g/mol. The number of aromatic amines is 1. The molecule has 1 aliphatic heterocycles. The molecular formula is C22H22N4O2S. The Morgan fingerprint density at radius 3 is 2.86 bits per heavy atom. The lowest BCUT2D eigenvalue weighted by molar-refractivity contribution is -0.0187. The van der Waals surface area contributed by atoms with Crippen LogP contribution in [-0.2, 0) is 11.3 Å². The maximum Gasteiger partial charge on any atom is 0.276 e. The third-order valence-electron chi connectivity index (χ3n) is 5.09. The van der Waals surface area contributed by atoms with Crippen LogP contribution in [0.4, 0.5) is 0 Å². The zero-order valence-corrected chi connectivity index (χ0v) is 16.8. The fourth-order valence-corrected chi connectivity index (χ4v) is 4.42. The number of hydrogen-bond acceptors (Lipinski definition) is 6. The first kappa shape index (κ1) is 18.4. The van der Waals surface area contributed by atoms with Crippen molar-refractivity contribution in [2.24, 2.45) is 0 Å². The Morgan fingerprint density at radius 1 is 1.07 bits per heavy atom. The third-order valence-corrected chi connectivity index (χ3v) is 6.04. The Kier molecular flexibility index (Phi) is 5.34. The summed E-state index contributed by atoms with van der Waals surface area (Å²) in [6, 6.07) is 18.7. The molecule has 0 bridgehead atoms. The standard InChI is InChI=1S/C22H22N4O2S/c1-2-6-16(7-3-1)13-26-10-11-27-17(14-26)15-29-22-25-24-21(28-22)19-12-23-20-9-5-4-8-18(19)20/h1-9,12,17,23H,10-11,13-15H2. The molecule has 29 heavy (non-hydrogen) atoms. The maximum absolute atomic E-state index is 5.95. The molecule has 1 aliphatic rings. The minimum Gasteiger partial charge on any atom is -0.411 e.